The van der Waals surface area contributed by atoms with Gasteiger partial charge in [0.05, 0.1) is 0 Å². The second-order valence-corrected chi connectivity index (χ2v) is 3.09. The molecule has 0 aromatic heterocycles. The Morgan fingerprint density at radius 2 is 1.82 bits per heavy atom. The second kappa shape index (κ2) is 5.00. The fourth-order valence-corrected chi connectivity index (χ4v) is 1.29. The van der Waals surface area contributed by atoms with Gasteiger partial charge in [-0.25, -0.2) is 0 Å². The molecule has 0 bridgehead atoms. The van der Waals surface area contributed by atoms with E-state index in [1.165, 1.54) is 32.1 Å². The van der Waals surface area contributed by atoms with E-state index in [-0.39, 0.29) is 0 Å². The van der Waals surface area contributed by atoms with E-state index >= 15 is 0 Å². The van der Waals surface area contributed by atoms with Gasteiger partial charge in [0.2, 0.25) is 0 Å². The van der Waals surface area contributed by atoms with Crippen molar-refractivity contribution in [1.29, 1.82) is 0 Å². The van der Waals surface area contributed by atoms with E-state index < -0.39 is 0 Å². The van der Waals surface area contributed by atoms with Crippen LogP contribution in [0.1, 0.15) is 38.5 Å². The average Bonchev–Trinajstić information content (AvgIpc) is 2.03. The number of hydrogen-bond donors (Lipinski definition) is 1. The number of hydrogen-bond acceptors (Lipinski definition) is 1. The molecular formula is C10H17N. The van der Waals surface area contributed by atoms with Crippen molar-refractivity contribution in [2.75, 3.05) is 0 Å². The van der Waals surface area contributed by atoms with E-state index in [9.17, 15) is 0 Å². The summed E-state index contributed by atoms with van der Waals surface area (Å²) in [4.78, 5) is 0. The largest absolute Gasteiger partial charge is 0.402 e. The molecule has 0 unspecified atom stereocenters. The van der Waals surface area contributed by atoms with E-state index in [2.05, 4.69) is 18.2 Å². The zero-order valence-corrected chi connectivity index (χ0v) is 7.05. The van der Waals surface area contributed by atoms with Gasteiger partial charge < -0.3 is 5.73 Å². The standard InChI is InChI=1S/C10H17N/c11-10-8-6-4-2-1-3-5-7-9-10/h4,6,9H,1-3,5,7-8,11H2/b6-4-,10-9+. The predicted octanol–water partition coefficient (Wildman–Crippen LogP) is 2.74. The first-order chi connectivity index (χ1) is 5.39. The highest BCUT2D eigenvalue weighted by Gasteiger charge is 1.91. The van der Waals surface area contributed by atoms with Crippen molar-refractivity contribution >= 4 is 0 Å². The van der Waals surface area contributed by atoms with Crippen molar-refractivity contribution in [3.05, 3.63) is 23.9 Å². The van der Waals surface area contributed by atoms with Crippen molar-refractivity contribution in [2.24, 2.45) is 5.73 Å². The van der Waals surface area contributed by atoms with E-state index in [0.29, 0.717) is 0 Å². The van der Waals surface area contributed by atoms with Gasteiger partial charge in [-0.3, -0.25) is 0 Å². The smallest absolute Gasteiger partial charge is 0.00782 e. The molecule has 1 nitrogen and oxygen atoms in total. The summed E-state index contributed by atoms with van der Waals surface area (Å²) in [6.45, 7) is 0. The third-order valence-electron chi connectivity index (χ3n) is 2.00. The lowest BCUT2D eigenvalue weighted by Crippen LogP contribution is -1.95. The monoisotopic (exact) mass is 151 g/mol. The van der Waals surface area contributed by atoms with Gasteiger partial charge in [0.25, 0.3) is 0 Å². The molecule has 1 rings (SSSR count). The number of nitrogens with two attached hydrogens (primary N) is 1. The molecule has 0 spiro atoms. The predicted molar refractivity (Wildman–Crippen MR) is 49.1 cm³/mol. The molecule has 0 aliphatic heterocycles. The van der Waals surface area contributed by atoms with Crippen molar-refractivity contribution in [2.45, 2.75) is 38.5 Å². The van der Waals surface area contributed by atoms with Crippen molar-refractivity contribution in [3.63, 3.8) is 0 Å². The summed E-state index contributed by atoms with van der Waals surface area (Å²) in [5.74, 6) is 0. The molecular weight excluding hydrogens is 134 g/mol. The molecule has 0 heterocycles. The van der Waals surface area contributed by atoms with Crippen LogP contribution in [0.25, 0.3) is 0 Å². The van der Waals surface area contributed by atoms with E-state index in [4.69, 9.17) is 5.73 Å². The Morgan fingerprint density at radius 3 is 2.73 bits per heavy atom. The van der Waals surface area contributed by atoms with E-state index in [1.54, 1.807) is 0 Å². The molecule has 1 heteroatoms. The molecule has 0 amide bonds. The summed E-state index contributed by atoms with van der Waals surface area (Å²) in [5.41, 5.74) is 6.77. The van der Waals surface area contributed by atoms with Gasteiger partial charge in [-0.05, 0) is 25.7 Å². The molecule has 1 aliphatic carbocycles. The number of allylic oxidation sites excluding steroid dienone is 3. The van der Waals surface area contributed by atoms with Crippen molar-refractivity contribution in [1.82, 2.24) is 0 Å². The Hall–Kier alpha value is -0.720. The minimum Gasteiger partial charge on any atom is -0.402 e. The van der Waals surface area contributed by atoms with Crippen molar-refractivity contribution < 1.29 is 0 Å². The van der Waals surface area contributed by atoms with Crippen LogP contribution in [0.3, 0.4) is 0 Å². The molecule has 1 aliphatic rings. The van der Waals surface area contributed by atoms with Crippen LogP contribution in [0.2, 0.25) is 0 Å². The van der Waals surface area contributed by atoms with Gasteiger partial charge in [0, 0.05) is 12.1 Å². The van der Waals surface area contributed by atoms with Gasteiger partial charge in [0.1, 0.15) is 0 Å². The molecule has 0 radical (unpaired) electrons. The lowest BCUT2D eigenvalue weighted by molar-refractivity contribution is 0.690. The van der Waals surface area contributed by atoms with Crippen LogP contribution in [0.15, 0.2) is 23.9 Å². The maximum Gasteiger partial charge on any atom is 0.00782 e. The summed E-state index contributed by atoms with van der Waals surface area (Å²) in [7, 11) is 0. The lowest BCUT2D eigenvalue weighted by atomic mass is 10.1. The highest BCUT2D eigenvalue weighted by Crippen LogP contribution is 2.09. The first-order valence-electron chi connectivity index (χ1n) is 4.49. The van der Waals surface area contributed by atoms with E-state index in [0.717, 1.165) is 12.1 Å². The Bertz CT molecular complexity index is 156. The minimum absolute atomic E-state index is 0.944. The van der Waals surface area contributed by atoms with Crippen LogP contribution >= 0.6 is 0 Å². The normalized spacial score (nSPS) is 28.5. The average molecular weight is 151 g/mol. The van der Waals surface area contributed by atoms with Crippen LogP contribution in [-0.2, 0) is 0 Å². The maximum absolute atomic E-state index is 5.73. The van der Waals surface area contributed by atoms with Gasteiger partial charge in [-0.15, -0.1) is 0 Å². The Labute approximate surface area is 69.0 Å². The summed E-state index contributed by atoms with van der Waals surface area (Å²) >= 11 is 0. The third kappa shape index (κ3) is 3.87. The highest BCUT2D eigenvalue weighted by atomic mass is 14.6. The fourth-order valence-electron chi connectivity index (χ4n) is 1.29. The fraction of sp³-hybridized carbons (Fsp3) is 0.600. The molecule has 0 aromatic carbocycles. The zero-order valence-electron chi connectivity index (χ0n) is 7.05. The Kier molecular flexibility index (Phi) is 3.81. The maximum atomic E-state index is 5.73. The molecule has 11 heavy (non-hydrogen) atoms. The molecule has 0 atom stereocenters. The zero-order chi connectivity index (χ0) is 7.94. The first kappa shape index (κ1) is 8.38. The Morgan fingerprint density at radius 1 is 1.00 bits per heavy atom. The van der Waals surface area contributed by atoms with Crippen LogP contribution < -0.4 is 5.73 Å². The first-order valence-corrected chi connectivity index (χ1v) is 4.49. The van der Waals surface area contributed by atoms with Crippen LogP contribution in [-0.4, -0.2) is 0 Å². The topological polar surface area (TPSA) is 26.0 Å². The van der Waals surface area contributed by atoms with Gasteiger partial charge in [-0.1, -0.05) is 24.6 Å². The van der Waals surface area contributed by atoms with Crippen LogP contribution in [0.4, 0.5) is 0 Å². The summed E-state index contributed by atoms with van der Waals surface area (Å²) in [6, 6.07) is 0. The van der Waals surface area contributed by atoms with Crippen LogP contribution in [0.5, 0.6) is 0 Å². The van der Waals surface area contributed by atoms with Gasteiger partial charge in [-0.2, -0.15) is 0 Å². The van der Waals surface area contributed by atoms with Crippen molar-refractivity contribution in [3.8, 4) is 0 Å². The van der Waals surface area contributed by atoms with Gasteiger partial charge in [0.15, 0.2) is 0 Å². The molecule has 62 valence electrons. The number of rotatable bonds is 0. The third-order valence-corrected chi connectivity index (χ3v) is 2.00. The molecule has 0 saturated heterocycles. The second-order valence-electron chi connectivity index (χ2n) is 3.09. The molecule has 0 saturated carbocycles. The minimum atomic E-state index is 0.944. The highest BCUT2D eigenvalue weighted by molar-refractivity contribution is 5.03. The molecule has 0 fully saturated rings. The SMILES string of the molecule is N/C1=C/CCCCC/C=C\C1. The quantitative estimate of drug-likeness (QED) is 0.529. The summed E-state index contributed by atoms with van der Waals surface area (Å²) < 4.78 is 0. The summed E-state index contributed by atoms with van der Waals surface area (Å²) in [5, 5.41) is 0. The Balaban J connectivity index is 2.38. The molecule has 2 N–H and O–H groups in total. The van der Waals surface area contributed by atoms with Crippen LogP contribution in [0, 0.1) is 0 Å². The molecule has 0 aromatic rings. The summed E-state index contributed by atoms with van der Waals surface area (Å²) in [6.07, 6.45) is 13.9. The van der Waals surface area contributed by atoms with Gasteiger partial charge >= 0.3 is 0 Å². The van der Waals surface area contributed by atoms with E-state index in [1.807, 2.05) is 0 Å². The lowest BCUT2D eigenvalue weighted by Gasteiger charge is -2.01.